The summed E-state index contributed by atoms with van der Waals surface area (Å²) in [6.07, 6.45) is 1.14. The lowest BCUT2D eigenvalue weighted by atomic mass is 10.1. The molecule has 1 N–H and O–H groups in total. The van der Waals surface area contributed by atoms with E-state index in [2.05, 4.69) is 5.43 Å². The second-order valence-electron chi connectivity index (χ2n) is 4.25. The van der Waals surface area contributed by atoms with E-state index >= 15 is 0 Å². The van der Waals surface area contributed by atoms with E-state index in [0.717, 1.165) is 5.01 Å². The van der Waals surface area contributed by atoms with Crippen molar-refractivity contribution in [2.45, 2.75) is 25.4 Å². The van der Waals surface area contributed by atoms with Gasteiger partial charge < -0.3 is 4.79 Å². The van der Waals surface area contributed by atoms with Gasteiger partial charge in [-0.25, -0.2) is 18.6 Å². The van der Waals surface area contributed by atoms with Crippen LogP contribution in [-0.2, 0) is 16.1 Å². The van der Waals surface area contributed by atoms with Crippen LogP contribution < -0.4 is 5.43 Å². The molecule has 0 aromatic heterocycles. The molecule has 1 atom stereocenters. The van der Waals surface area contributed by atoms with E-state index in [4.69, 9.17) is 0 Å². The lowest BCUT2D eigenvalue weighted by Gasteiger charge is -2.31. The number of nitrogens with zero attached hydrogens (tertiary/aromatic N) is 1. The first-order chi connectivity index (χ1) is 9.01. The number of carbonyl (C=O) groups is 2. The van der Waals surface area contributed by atoms with Crippen LogP contribution in [0.1, 0.15) is 18.4 Å². The second kappa shape index (κ2) is 5.40. The van der Waals surface area contributed by atoms with Crippen LogP contribution in [0.4, 0.5) is 13.2 Å². The molecule has 0 aliphatic carbocycles. The molecule has 1 amide bonds. The maximum absolute atomic E-state index is 13.4. The number of aldehydes is 1. The SMILES string of the molecule is O=CC1CCC(=O)N(Cc2cc(F)c(F)cc2F)N1. The second-order valence-corrected chi connectivity index (χ2v) is 4.25. The number of hydrogen-bond donors (Lipinski definition) is 1. The molecule has 1 saturated heterocycles. The highest BCUT2D eigenvalue weighted by atomic mass is 19.2. The summed E-state index contributed by atoms with van der Waals surface area (Å²) in [5.74, 6) is -3.75. The number of hydrazine groups is 1. The first-order valence-electron chi connectivity index (χ1n) is 5.66. The van der Waals surface area contributed by atoms with Gasteiger partial charge in [-0.3, -0.25) is 9.80 Å². The number of benzene rings is 1. The van der Waals surface area contributed by atoms with Gasteiger partial charge in [0.25, 0.3) is 0 Å². The third-order valence-corrected chi connectivity index (χ3v) is 2.87. The van der Waals surface area contributed by atoms with Gasteiger partial charge in [0, 0.05) is 18.1 Å². The van der Waals surface area contributed by atoms with E-state index in [9.17, 15) is 22.8 Å². The fourth-order valence-corrected chi connectivity index (χ4v) is 1.84. The molecule has 0 radical (unpaired) electrons. The van der Waals surface area contributed by atoms with Crippen molar-refractivity contribution < 1.29 is 22.8 Å². The van der Waals surface area contributed by atoms with Gasteiger partial charge in [-0.1, -0.05) is 0 Å². The number of hydrogen-bond acceptors (Lipinski definition) is 3. The molecule has 7 heteroatoms. The Morgan fingerprint density at radius 3 is 2.63 bits per heavy atom. The standard InChI is InChI=1S/C12H11F3N2O2/c13-9-4-11(15)10(14)3-7(9)5-17-12(19)2-1-8(6-18)16-17/h3-4,6,8,16H,1-2,5H2. The summed E-state index contributed by atoms with van der Waals surface area (Å²) in [6, 6.07) is 0.589. The molecule has 1 aliphatic heterocycles. The number of carbonyl (C=O) groups excluding carboxylic acids is 2. The average Bonchev–Trinajstić information content (AvgIpc) is 2.38. The molecular formula is C12H11F3N2O2. The van der Waals surface area contributed by atoms with Gasteiger partial charge in [-0.2, -0.15) is 0 Å². The summed E-state index contributed by atoms with van der Waals surface area (Å²) in [4.78, 5) is 22.2. The Labute approximate surface area is 107 Å². The minimum absolute atomic E-state index is 0.141. The zero-order valence-electron chi connectivity index (χ0n) is 9.83. The summed E-state index contributed by atoms with van der Waals surface area (Å²) in [7, 11) is 0. The molecule has 0 bridgehead atoms. The zero-order chi connectivity index (χ0) is 14.0. The van der Waals surface area contributed by atoms with Crippen molar-refractivity contribution in [1.29, 1.82) is 0 Å². The van der Waals surface area contributed by atoms with Crippen LogP contribution >= 0.6 is 0 Å². The number of nitrogens with one attached hydrogen (secondary N) is 1. The minimum atomic E-state index is -1.29. The van der Waals surface area contributed by atoms with Gasteiger partial charge in [0.2, 0.25) is 5.91 Å². The van der Waals surface area contributed by atoms with Gasteiger partial charge in [0.05, 0.1) is 12.6 Å². The molecule has 1 aromatic carbocycles. The van der Waals surface area contributed by atoms with E-state index < -0.39 is 23.5 Å². The monoisotopic (exact) mass is 272 g/mol. The van der Waals surface area contributed by atoms with Crippen LogP contribution in [0.25, 0.3) is 0 Å². The Kier molecular flexibility index (Phi) is 3.84. The molecule has 1 heterocycles. The zero-order valence-corrected chi connectivity index (χ0v) is 9.83. The Hall–Kier alpha value is -1.89. The highest BCUT2D eigenvalue weighted by Gasteiger charge is 2.25. The lowest BCUT2D eigenvalue weighted by Crippen LogP contribution is -2.52. The van der Waals surface area contributed by atoms with Gasteiger partial charge in [-0.15, -0.1) is 0 Å². The van der Waals surface area contributed by atoms with Crippen molar-refractivity contribution in [3.05, 3.63) is 35.1 Å². The molecule has 0 spiro atoms. The van der Waals surface area contributed by atoms with Crippen molar-refractivity contribution in [2.75, 3.05) is 0 Å². The summed E-state index contributed by atoms with van der Waals surface area (Å²) >= 11 is 0. The van der Waals surface area contributed by atoms with E-state index in [0.29, 0.717) is 24.8 Å². The summed E-state index contributed by atoms with van der Waals surface area (Å²) in [6.45, 7) is -0.272. The largest absolute Gasteiger partial charge is 0.302 e. The molecule has 19 heavy (non-hydrogen) atoms. The summed E-state index contributed by atoms with van der Waals surface area (Å²) in [5, 5.41) is 1.04. The van der Waals surface area contributed by atoms with Crippen LogP contribution in [0.3, 0.4) is 0 Å². The number of amides is 1. The summed E-state index contributed by atoms with van der Waals surface area (Å²) in [5.41, 5.74) is 2.43. The predicted molar refractivity (Wildman–Crippen MR) is 59.1 cm³/mol. The third kappa shape index (κ3) is 2.93. The normalized spacial score (nSPS) is 19.6. The molecule has 1 unspecified atom stereocenters. The highest BCUT2D eigenvalue weighted by Crippen LogP contribution is 2.17. The Morgan fingerprint density at radius 2 is 1.95 bits per heavy atom. The molecular weight excluding hydrogens is 261 g/mol. The average molecular weight is 272 g/mol. The first kappa shape index (κ1) is 13.5. The molecule has 0 saturated carbocycles. The first-order valence-corrected chi connectivity index (χ1v) is 5.66. The van der Waals surface area contributed by atoms with Gasteiger partial charge in [-0.05, 0) is 12.5 Å². The summed E-state index contributed by atoms with van der Waals surface area (Å²) < 4.78 is 39.3. The third-order valence-electron chi connectivity index (χ3n) is 2.87. The lowest BCUT2D eigenvalue weighted by molar-refractivity contribution is -0.140. The smallest absolute Gasteiger partial charge is 0.237 e. The van der Waals surface area contributed by atoms with Gasteiger partial charge >= 0.3 is 0 Å². The van der Waals surface area contributed by atoms with Crippen molar-refractivity contribution in [3.63, 3.8) is 0 Å². The fourth-order valence-electron chi connectivity index (χ4n) is 1.84. The van der Waals surface area contributed by atoms with E-state index in [-0.39, 0.29) is 24.4 Å². The molecule has 1 aromatic rings. The topological polar surface area (TPSA) is 49.4 Å². The van der Waals surface area contributed by atoms with Gasteiger partial charge in [0.15, 0.2) is 11.6 Å². The van der Waals surface area contributed by atoms with Crippen molar-refractivity contribution >= 4 is 12.2 Å². The van der Waals surface area contributed by atoms with Crippen LogP contribution in [0.5, 0.6) is 0 Å². The van der Waals surface area contributed by atoms with Crippen molar-refractivity contribution in [1.82, 2.24) is 10.4 Å². The molecule has 102 valence electrons. The van der Waals surface area contributed by atoms with Gasteiger partial charge in [0.1, 0.15) is 12.1 Å². The van der Waals surface area contributed by atoms with E-state index in [1.54, 1.807) is 0 Å². The molecule has 4 nitrogen and oxygen atoms in total. The van der Waals surface area contributed by atoms with Crippen LogP contribution in [-0.4, -0.2) is 23.2 Å². The molecule has 2 rings (SSSR count). The molecule has 1 aliphatic rings. The Balaban J connectivity index is 2.17. The van der Waals surface area contributed by atoms with Crippen molar-refractivity contribution in [2.24, 2.45) is 0 Å². The Bertz CT molecular complexity index is 522. The van der Waals surface area contributed by atoms with Crippen LogP contribution in [0.15, 0.2) is 12.1 Å². The fraction of sp³-hybridized carbons (Fsp3) is 0.333. The van der Waals surface area contributed by atoms with Crippen LogP contribution in [0, 0.1) is 17.5 Å². The highest BCUT2D eigenvalue weighted by molar-refractivity contribution is 5.78. The van der Waals surface area contributed by atoms with E-state index in [1.165, 1.54) is 0 Å². The maximum Gasteiger partial charge on any atom is 0.237 e. The maximum atomic E-state index is 13.4. The molecule has 1 fully saturated rings. The van der Waals surface area contributed by atoms with E-state index in [1.807, 2.05) is 0 Å². The quantitative estimate of drug-likeness (QED) is 0.666. The van der Waals surface area contributed by atoms with Crippen LogP contribution in [0.2, 0.25) is 0 Å². The number of halogens is 3. The Morgan fingerprint density at radius 1 is 1.26 bits per heavy atom. The predicted octanol–water partition coefficient (Wildman–Crippen LogP) is 1.30. The van der Waals surface area contributed by atoms with Crippen molar-refractivity contribution in [3.8, 4) is 0 Å². The minimum Gasteiger partial charge on any atom is -0.302 e. The number of rotatable bonds is 3.